The molecule has 0 spiro atoms. The van der Waals surface area contributed by atoms with Crippen molar-refractivity contribution >= 4 is 17.5 Å². The third kappa shape index (κ3) is 3.43. The van der Waals surface area contributed by atoms with Gasteiger partial charge in [-0.1, -0.05) is 23.7 Å². The molecule has 1 aliphatic rings. The predicted octanol–water partition coefficient (Wildman–Crippen LogP) is 1.20. The third-order valence-corrected chi connectivity index (χ3v) is 3.02. The Morgan fingerprint density at radius 2 is 2.18 bits per heavy atom. The number of hydrogen-bond donors (Lipinski definition) is 1. The second-order valence-electron chi connectivity index (χ2n) is 4.11. The molecule has 17 heavy (non-hydrogen) atoms. The van der Waals surface area contributed by atoms with Crippen molar-refractivity contribution in [3.63, 3.8) is 0 Å². The van der Waals surface area contributed by atoms with Crippen molar-refractivity contribution < 1.29 is 9.53 Å². The minimum absolute atomic E-state index is 0.0135. The quantitative estimate of drug-likeness (QED) is 0.882. The van der Waals surface area contributed by atoms with Crippen LogP contribution in [0.5, 0.6) is 0 Å². The van der Waals surface area contributed by atoms with Gasteiger partial charge in [0.2, 0.25) is 5.91 Å². The first-order chi connectivity index (χ1) is 8.15. The van der Waals surface area contributed by atoms with Gasteiger partial charge in [0.1, 0.15) is 0 Å². The number of amides is 1. The molecule has 1 fully saturated rings. The van der Waals surface area contributed by atoms with Crippen molar-refractivity contribution in [2.24, 2.45) is 5.73 Å². The number of benzene rings is 1. The van der Waals surface area contributed by atoms with E-state index in [9.17, 15) is 4.79 Å². The Labute approximate surface area is 105 Å². The topological polar surface area (TPSA) is 55.6 Å². The third-order valence-electron chi connectivity index (χ3n) is 2.77. The van der Waals surface area contributed by atoms with Crippen LogP contribution in [0, 0.1) is 0 Å². The lowest BCUT2D eigenvalue weighted by atomic mass is 10.1. The van der Waals surface area contributed by atoms with Crippen LogP contribution in [0.25, 0.3) is 0 Å². The van der Waals surface area contributed by atoms with Crippen LogP contribution in [0.1, 0.15) is 11.7 Å². The number of carbonyl (C=O) groups is 1. The largest absolute Gasteiger partial charge is 0.371 e. The maximum atomic E-state index is 10.9. The Kier molecular flexibility index (Phi) is 3.99. The smallest absolute Gasteiger partial charge is 0.231 e. The maximum absolute atomic E-state index is 10.9. The number of ether oxygens (including phenoxy) is 1. The lowest BCUT2D eigenvalue weighted by Crippen LogP contribution is -2.42. The molecule has 5 heteroatoms. The van der Waals surface area contributed by atoms with Crippen LogP contribution in [0.2, 0.25) is 5.02 Å². The van der Waals surface area contributed by atoms with Crippen LogP contribution in [0.3, 0.4) is 0 Å². The van der Waals surface area contributed by atoms with Crippen LogP contribution >= 0.6 is 11.6 Å². The summed E-state index contributed by atoms with van der Waals surface area (Å²) in [7, 11) is 0. The summed E-state index contributed by atoms with van der Waals surface area (Å²) < 4.78 is 5.68. The van der Waals surface area contributed by atoms with Crippen LogP contribution in [0.4, 0.5) is 0 Å². The number of hydrogen-bond acceptors (Lipinski definition) is 3. The SMILES string of the molecule is NC(=O)CN1CCOC(c2ccc(Cl)cc2)C1. The molecular formula is C12H15ClN2O2. The number of halogens is 1. The average molecular weight is 255 g/mol. The minimum Gasteiger partial charge on any atom is -0.371 e. The standard InChI is InChI=1S/C12H15ClN2O2/c13-10-3-1-9(2-4-10)11-7-15(5-6-17-11)8-12(14)16/h1-4,11H,5-8H2,(H2,14,16). The summed E-state index contributed by atoms with van der Waals surface area (Å²) in [6.45, 7) is 2.33. The molecule has 2 N–H and O–H groups in total. The van der Waals surface area contributed by atoms with E-state index in [-0.39, 0.29) is 18.6 Å². The van der Waals surface area contributed by atoms with Crippen LogP contribution in [-0.4, -0.2) is 37.0 Å². The van der Waals surface area contributed by atoms with E-state index in [4.69, 9.17) is 22.1 Å². The number of morpholine rings is 1. The monoisotopic (exact) mass is 254 g/mol. The zero-order valence-electron chi connectivity index (χ0n) is 9.43. The van der Waals surface area contributed by atoms with E-state index < -0.39 is 0 Å². The normalized spacial score (nSPS) is 21.4. The number of rotatable bonds is 3. The molecule has 0 saturated carbocycles. The van der Waals surface area contributed by atoms with Crippen molar-refractivity contribution in [2.75, 3.05) is 26.2 Å². The highest BCUT2D eigenvalue weighted by molar-refractivity contribution is 6.30. The molecule has 1 amide bonds. The highest BCUT2D eigenvalue weighted by atomic mass is 35.5. The zero-order chi connectivity index (χ0) is 12.3. The molecule has 1 aliphatic heterocycles. The number of nitrogens with zero attached hydrogens (tertiary/aromatic N) is 1. The zero-order valence-corrected chi connectivity index (χ0v) is 10.2. The lowest BCUT2D eigenvalue weighted by molar-refractivity contribution is -0.121. The summed E-state index contributed by atoms with van der Waals surface area (Å²) in [5, 5.41) is 0.707. The van der Waals surface area contributed by atoms with Gasteiger partial charge < -0.3 is 10.5 Å². The molecule has 1 unspecified atom stereocenters. The summed E-state index contributed by atoms with van der Waals surface area (Å²) in [5.41, 5.74) is 6.26. The van der Waals surface area contributed by atoms with Gasteiger partial charge in [0.15, 0.2) is 0 Å². The first-order valence-corrected chi connectivity index (χ1v) is 5.90. The predicted molar refractivity (Wildman–Crippen MR) is 65.8 cm³/mol. The van der Waals surface area contributed by atoms with Gasteiger partial charge in [-0.3, -0.25) is 9.69 Å². The molecule has 0 bridgehead atoms. The van der Waals surface area contributed by atoms with E-state index >= 15 is 0 Å². The van der Waals surface area contributed by atoms with E-state index in [1.54, 1.807) is 0 Å². The van der Waals surface area contributed by atoms with Gasteiger partial charge in [0.05, 0.1) is 19.3 Å². The molecule has 0 aromatic heterocycles. The summed E-state index contributed by atoms with van der Waals surface area (Å²) in [6, 6.07) is 7.57. The molecule has 92 valence electrons. The van der Waals surface area contributed by atoms with E-state index in [2.05, 4.69) is 0 Å². The van der Waals surface area contributed by atoms with Gasteiger partial charge in [0.25, 0.3) is 0 Å². The van der Waals surface area contributed by atoms with Crippen LogP contribution < -0.4 is 5.73 Å². The Balaban J connectivity index is 2.01. The summed E-state index contributed by atoms with van der Waals surface area (Å²) in [5.74, 6) is -0.304. The van der Waals surface area contributed by atoms with Crippen molar-refractivity contribution in [1.82, 2.24) is 4.90 Å². The van der Waals surface area contributed by atoms with Gasteiger partial charge in [-0.2, -0.15) is 0 Å². The lowest BCUT2D eigenvalue weighted by Gasteiger charge is -2.32. The summed E-state index contributed by atoms with van der Waals surface area (Å²) in [4.78, 5) is 12.9. The van der Waals surface area contributed by atoms with Crippen molar-refractivity contribution in [3.8, 4) is 0 Å². The van der Waals surface area contributed by atoms with Crippen molar-refractivity contribution in [3.05, 3.63) is 34.9 Å². The van der Waals surface area contributed by atoms with Crippen molar-refractivity contribution in [2.45, 2.75) is 6.10 Å². The average Bonchev–Trinajstić information content (AvgIpc) is 2.29. The summed E-state index contributed by atoms with van der Waals surface area (Å²) in [6.07, 6.45) is -0.0135. The van der Waals surface area contributed by atoms with Gasteiger partial charge in [-0.25, -0.2) is 0 Å². The van der Waals surface area contributed by atoms with Gasteiger partial charge >= 0.3 is 0 Å². The Morgan fingerprint density at radius 1 is 1.47 bits per heavy atom. The first-order valence-electron chi connectivity index (χ1n) is 5.53. The Hall–Kier alpha value is -1.10. The molecular weight excluding hydrogens is 240 g/mol. The first kappa shape index (κ1) is 12.4. The van der Waals surface area contributed by atoms with Gasteiger partial charge in [-0.15, -0.1) is 0 Å². The fourth-order valence-corrected chi connectivity index (χ4v) is 2.07. The van der Waals surface area contributed by atoms with Crippen LogP contribution in [0.15, 0.2) is 24.3 Å². The summed E-state index contributed by atoms with van der Waals surface area (Å²) >= 11 is 5.84. The van der Waals surface area contributed by atoms with Crippen LogP contribution in [-0.2, 0) is 9.53 Å². The number of nitrogens with two attached hydrogens (primary N) is 1. The molecule has 1 atom stereocenters. The van der Waals surface area contributed by atoms with E-state index in [1.165, 1.54) is 0 Å². The van der Waals surface area contributed by atoms with E-state index in [0.717, 1.165) is 12.1 Å². The van der Waals surface area contributed by atoms with E-state index in [0.29, 0.717) is 18.2 Å². The molecule has 0 radical (unpaired) electrons. The molecule has 1 saturated heterocycles. The maximum Gasteiger partial charge on any atom is 0.231 e. The number of carbonyl (C=O) groups excluding carboxylic acids is 1. The fraction of sp³-hybridized carbons (Fsp3) is 0.417. The molecule has 2 rings (SSSR count). The highest BCUT2D eigenvalue weighted by Gasteiger charge is 2.22. The van der Waals surface area contributed by atoms with Gasteiger partial charge in [-0.05, 0) is 17.7 Å². The minimum atomic E-state index is -0.304. The molecule has 4 nitrogen and oxygen atoms in total. The molecule has 1 aromatic rings. The Bertz CT molecular complexity index is 394. The second kappa shape index (κ2) is 5.49. The van der Waals surface area contributed by atoms with Gasteiger partial charge in [0, 0.05) is 18.1 Å². The van der Waals surface area contributed by atoms with E-state index in [1.807, 2.05) is 29.2 Å². The molecule has 0 aliphatic carbocycles. The van der Waals surface area contributed by atoms with Crippen molar-refractivity contribution in [1.29, 1.82) is 0 Å². The second-order valence-corrected chi connectivity index (χ2v) is 4.55. The fourth-order valence-electron chi connectivity index (χ4n) is 1.95. The molecule has 1 aromatic carbocycles. The highest BCUT2D eigenvalue weighted by Crippen LogP contribution is 2.23. The number of primary amides is 1. The molecule has 1 heterocycles. The Morgan fingerprint density at radius 3 is 2.82 bits per heavy atom.